The number of carbonyl (C=O) groups excluding carboxylic acids is 1. The first kappa shape index (κ1) is 24.1. The number of methoxy groups -OCH3 is 1. The molecule has 0 radical (unpaired) electrons. The molecule has 1 N–H and O–H groups in total. The normalized spacial score (nSPS) is 25.4. The zero-order chi connectivity index (χ0) is 24.5. The van der Waals surface area contributed by atoms with Gasteiger partial charge in [0, 0.05) is 17.6 Å². The molecule has 1 aliphatic heterocycles. The second kappa shape index (κ2) is 10.2. The van der Waals surface area contributed by atoms with Crippen molar-refractivity contribution in [2.24, 2.45) is 5.92 Å². The van der Waals surface area contributed by atoms with Crippen LogP contribution in [0.1, 0.15) is 88.6 Å². The number of aliphatic carboxylic acids is 1. The fourth-order valence-electron chi connectivity index (χ4n) is 6.34. The van der Waals surface area contributed by atoms with E-state index >= 15 is 0 Å². The zero-order valence-corrected chi connectivity index (χ0v) is 20.9. The van der Waals surface area contributed by atoms with Crippen LogP contribution in [-0.4, -0.2) is 46.0 Å². The van der Waals surface area contributed by atoms with E-state index in [4.69, 9.17) is 14.5 Å². The number of aryl methyl sites for hydroxylation is 1. The Balaban J connectivity index is 1.52. The first-order chi connectivity index (χ1) is 17.0. The molecule has 0 saturated heterocycles. The van der Waals surface area contributed by atoms with Gasteiger partial charge in [-0.3, -0.25) is 9.69 Å². The summed E-state index contributed by atoms with van der Waals surface area (Å²) in [5, 5.41) is 9.47. The lowest BCUT2D eigenvalue weighted by atomic mass is 9.86. The average Bonchev–Trinajstić information content (AvgIpc) is 3.26. The highest BCUT2D eigenvalue weighted by Crippen LogP contribution is 2.40. The number of carbonyl (C=O) groups is 2. The third-order valence-electron chi connectivity index (χ3n) is 8.31. The van der Waals surface area contributed by atoms with Crippen molar-refractivity contribution >= 4 is 28.8 Å². The van der Waals surface area contributed by atoms with Crippen LogP contribution in [0.5, 0.6) is 0 Å². The Morgan fingerprint density at radius 1 is 1.06 bits per heavy atom. The third kappa shape index (κ3) is 4.65. The molecule has 1 aromatic heterocycles. The van der Waals surface area contributed by atoms with Crippen LogP contribution in [0.3, 0.4) is 0 Å². The summed E-state index contributed by atoms with van der Waals surface area (Å²) < 4.78 is 13.8. The highest BCUT2D eigenvalue weighted by molar-refractivity contribution is 5.95. The smallest absolute Gasteiger partial charge is 0.414 e. The number of nitrogens with zero attached hydrogens (tertiary/aromatic N) is 3. The lowest BCUT2D eigenvalue weighted by Gasteiger charge is -2.34. The van der Waals surface area contributed by atoms with Crippen molar-refractivity contribution in [1.29, 1.82) is 0 Å². The highest BCUT2D eigenvalue weighted by atomic mass is 16.5. The minimum Gasteiger partial charge on any atom is -0.481 e. The van der Waals surface area contributed by atoms with Crippen molar-refractivity contribution in [3.05, 3.63) is 23.5 Å². The van der Waals surface area contributed by atoms with Crippen LogP contribution in [0.15, 0.2) is 12.1 Å². The molecule has 0 unspecified atom stereocenters. The van der Waals surface area contributed by atoms with Gasteiger partial charge in [-0.25, -0.2) is 9.78 Å². The van der Waals surface area contributed by atoms with Gasteiger partial charge in [0.25, 0.3) is 0 Å². The summed E-state index contributed by atoms with van der Waals surface area (Å²) in [4.78, 5) is 31.0. The van der Waals surface area contributed by atoms with Gasteiger partial charge in [0.2, 0.25) is 0 Å². The molecule has 1 amide bonds. The summed E-state index contributed by atoms with van der Waals surface area (Å²) in [6, 6.07) is 4.37. The summed E-state index contributed by atoms with van der Waals surface area (Å²) in [7, 11) is 1.42. The van der Waals surface area contributed by atoms with Crippen molar-refractivity contribution in [3.8, 4) is 0 Å². The maximum Gasteiger partial charge on any atom is 0.414 e. The van der Waals surface area contributed by atoms with E-state index in [0.717, 1.165) is 66.6 Å². The fraction of sp³-hybridized carbons (Fsp3) is 0.667. The van der Waals surface area contributed by atoms with Gasteiger partial charge in [0.05, 0.1) is 35.9 Å². The van der Waals surface area contributed by atoms with E-state index in [2.05, 4.69) is 10.6 Å². The van der Waals surface area contributed by atoms with Gasteiger partial charge in [-0.05, 0) is 70.4 Å². The summed E-state index contributed by atoms with van der Waals surface area (Å²) >= 11 is 0. The van der Waals surface area contributed by atoms with E-state index in [1.54, 1.807) is 4.90 Å². The Labute approximate surface area is 206 Å². The lowest BCUT2D eigenvalue weighted by molar-refractivity contribution is -0.143. The van der Waals surface area contributed by atoms with Crippen LogP contribution in [0.4, 0.5) is 10.5 Å². The van der Waals surface area contributed by atoms with Gasteiger partial charge in [-0.1, -0.05) is 19.3 Å². The Bertz CT molecular complexity index is 1080. The summed E-state index contributed by atoms with van der Waals surface area (Å²) in [6.45, 7) is 2.51. The number of carboxylic acid groups (broad SMARTS) is 1. The second-order valence-corrected chi connectivity index (χ2v) is 10.5. The lowest BCUT2D eigenvalue weighted by Crippen LogP contribution is -2.42. The SMILES string of the molecule is COC(=O)N1c2ccc3c(nc(COC4CCCCC4)n3C3CCC(C(=O)O)CC3)c2CC[C@@H]1C. The predicted molar refractivity (Wildman–Crippen MR) is 133 cm³/mol. The first-order valence-corrected chi connectivity index (χ1v) is 13.2. The van der Waals surface area contributed by atoms with Gasteiger partial charge >= 0.3 is 12.1 Å². The number of carboxylic acids is 1. The van der Waals surface area contributed by atoms with Crippen LogP contribution in [0.25, 0.3) is 11.0 Å². The number of aromatic nitrogens is 2. The van der Waals surface area contributed by atoms with Crippen LogP contribution in [-0.2, 0) is 27.3 Å². The van der Waals surface area contributed by atoms with Gasteiger partial charge in [0.15, 0.2) is 0 Å². The van der Waals surface area contributed by atoms with E-state index in [1.165, 1.54) is 26.4 Å². The molecule has 3 aliphatic rings. The molecule has 5 rings (SSSR count). The molecule has 8 heteroatoms. The monoisotopic (exact) mass is 483 g/mol. The molecule has 2 aliphatic carbocycles. The van der Waals surface area contributed by atoms with Gasteiger partial charge < -0.3 is 19.1 Å². The molecule has 1 aromatic carbocycles. The van der Waals surface area contributed by atoms with Crippen molar-refractivity contribution in [2.45, 2.75) is 102 Å². The minimum absolute atomic E-state index is 0.0647. The summed E-state index contributed by atoms with van der Waals surface area (Å²) in [6.07, 6.45) is 10.6. The molecule has 8 nitrogen and oxygen atoms in total. The van der Waals surface area contributed by atoms with Gasteiger partial charge in [0.1, 0.15) is 12.4 Å². The third-order valence-corrected chi connectivity index (χ3v) is 8.31. The summed E-state index contributed by atoms with van der Waals surface area (Å²) in [5.41, 5.74) is 3.96. The van der Waals surface area contributed by atoms with E-state index in [1.807, 2.05) is 13.0 Å². The van der Waals surface area contributed by atoms with Crippen molar-refractivity contribution in [3.63, 3.8) is 0 Å². The first-order valence-electron chi connectivity index (χ1n) is 13.2. The quantitative estimate of drug-likeness (QED) is 0.594. The number of rotatable bonds is 5. The Morgan fingerprint density at radius 3 is 2.49 bits per heavy atom. The molecule has 190 valence electrons. The van der Waals surface area contributed by atoms with E-state index in [0.29, 0.717) is 19.4 Å². The minimum atomic E-state index is -0.689. The Hall–Kier alpha value is -2.61. The van der Waals surface area contributed by atoms with Crippen LogP contribution in [0, 0.1) is 5.92 Å². The molecule has 2 fully saturated rings. The van der Waals surface area contributed by atoms with Crippen molar-refractivity contribution < 1.29 is 24.2 Å². The number of imidazole rings is 1. The standard InChI is InChI=1S/C27H37N3O5/c1-17-8-13-21-22(29(17)27(33)34-2)14-15-23-25(21)28-24(16-35-20-6-4-3-5-7-20)30(23)19-11-9-18(10-12-19)26(31)32/h14-15,17-20H,3-13,16H2,1-2H3,(H,31,32)/t17-,18?,19?/m0/s1. The molecular formula is C27H37N3O5. The largest absolute Gasteiger partial charge is 0.481 e. The Kier molecular flexibility index (Phi) is 7.00. The summed E-state index contributed by atoms with van der Waals surface area (Å²) in [5.74, 6) is -0.0299. The second-order valence-electron chi connectivity index (χ2n) is 10.5. The topological polar surface area (TPSA) is 93.9 Å². The molecule has 0 spiro atoms. The fourth-order valence-corrected chi connectivity index (χ4v) is 6.34. The number of fused-ring (bicyclic) bond motifs is 3. The molecule has 2 heterocycles. The number of benzene rings is 1. The molecule has 2 saturated carbocycles. The van der Waals surface area contributed by atoms with Crippen molar-refractivity contribution in [1.82, 2.24) is 9.55 Å². The van der Waals surface area contributed by atoms with Gasteiger partial charge in [-0.2, -0.15) is 0 Å². The maximum atomic E-state index is 12.6. The number of anilines is 1. The molecular weight excluding hydrogens is 446 g/mol. The van der Waals surface area contributed by atoms with Crippen LogP contribution < -0.4 is 4.90 Å². The van der Waals surface area contributed by atoms with Crippen molar-refractivity contribution in [2.75, 3.05) is 12.0 Å². The van der Waals surface area contributed by atoms with E-state index in [-0.39, 0.29) is 30.2 Å². The average molecular weight is 484 g/mol. The number of hydrogen-bond acceptors (Lipinski definition) is 5. The molecule has 1 atom stereocenters. The number of ether oxygens (including phenoxy) is 2. The zero-order valence-electron chi connectivity index (χ0n) is 20.9. The highest BCUT2D eigenvalue weighted by Gasteiger charge is 2.34. The van der Waals surface area contributed by atoms with Crippen LogP contribution in [0.2, 0.25) is 0 Å². The van der Waals surface area contributed by atoms with Gasteiger partial charge in [-0.15, -0.1) is 0 Å². The molecule has 35 heavy (non-hydrogen) atoms. The van der Waals surface area contributed by atoms with E-state index in [9.17, 15) is 14.7 Å². The van der Waals surface area contributed by atoms with Crippen LogP contribution >= 0.6 is 0 Å². The Morgan fingerprint density at radius 2 is 1.80 bits per heavy atom. The molecule has 2 aromatic rings. The maximum absolute atomic E-state index is 12.6. The van der Waals surface area contributed by atoms with E-state index < -0.39 is 5.97 Å². The number of hydrogen-bond donors (Lipinski definition) is 1. The molecule has 0 bridgehead atoms. The number of amides is 1. The predicted octanol–water partition coefficient (Wildman–Crippen LogP) is 5.61.